The second-order valence-electron chi connectivity index (χ2n) is 4.47. The van der Waals surface area contributed by atoms with Crippen molar-refractivity contribution in [1.82, 2.24) is 4.90 Å². The Hall–Kier alpha value is -2.24. The summed E-state index contributed by atoms with van der Waals surface area (Å²) in [4.78, 5) is 25.6. The lowest BCUT2D eigenvalue weighted by Crippen LogP contribution is -2.47. The van der Waals surface area contributed by atoms with E-state index in [1.165, 1.54) is 21.9 Å². The van der Waals surface area contributed by atoms with Crippen LogP contribution in [0, 0.1) is 0 Å². The summed E-state index contributed by atoms with van der Waals surface area (Å²) >= 11 is 0. The summed E-state index contributed by atoms with van der Waals surface area (Å²) < 4.78 is 0. The molecular weight excluding hydrogens is 248 g/mol. The number of urea groups is 1. The molecule has 0 aliphatic heterocycles. The van der Waals surface area contributed by atoms with Gasteiger partial charge in [0.25, 0.3) is 0 Å². The van der Waals surface area contributed by atoms with Crippen molar-refractivity contribution in [3.05, 3.63) is 24.3 Å². The fourth-order valence-corrected chi connectivity index (χ4v) is 1.60. The molecule has 0 fully saturated rings. The van der Waals surface area contributed by atoms with Crippen LogP contribution in [0.2, 0.25) is 0 Å². The summed E-state index contributed by atoms with van der Waals surface area (Å²) in [5.41, 5.74) is 0.582. The van der Waals surface area contributed by atoms with Crippen molar-refractivity contribution in [2.75, 3.05) is 18.5 Å². The van der Waals surface area contributed by atoms with Gasteiger partial charge in [-0.05, 0) is 38.1 Å². The lowest BCUT2D eigenvalue weighted by Gasteiger charge is -2.30. The van der Waals surface area contributed by atoms with E-state index >= 15 is 0 Å². The van der Waals surface area contributed by atoms with Gasteiger partial charge >= 0.3 is 12.0 Å². The minimum absolute atomic E-state index is 0.107. The smallest absolute Gasteiger partial charge is 0.324 e. The predicted molar refractivity (Wildman–Crippen MR) is 71.4 cm³/mol. The Balaban J connectivity index is 2.89. The second kappa shape index (κ2) is 6.08. The minimum atomic E-state index is -1.05. The molecule has 0 saturated heterocycles. The van der Waals surface area contributed by atoms with E-state index in [2.05, 4.69) is 0 Å². The maximum atomic E-state index is 12.2. The Kier molecular flexibility index (Phi) is 4.74. The summed E-state index contributed by atoms with van der Waals surface area (Å²) in [6.07, 6.45) is 0. The third-order valence-corrected chi connectivity index (χ3v) is 2.70. The number of phenols is 1. The third kappa shape index (κ3) is 3.87. The van der Waals surface area contributed by atoms with Gasteiger partial charge in [0.05, 0.1) is 0 Å². The number of rotatable bonds is 4. The van der Waals surface area contributed by atoms with Crippen molar-refractivity contribution in [2.24, 2.45) is 0 Å². The first-order chi connectivity index (χ1) is 8.82. The van der Waals surface area contributed by atoms with Crippen molar-refractivity contribution in [2.45, 2.75) is 19.9 Å². The van der Waals surface area contributed by atoms with Gasteiger partial charge in [-0.2, -0.15) is 0 Å². The van der Waals surface area contributed by atoms with Gasteiger partial charge in [0.1, 0.15) is 12.3 Å². The number of hydrogen-bond donors (Lipinski definition) is 2. The van der Waals surface area contributed by atoms with Crippen LogP contribution in [-0.4, -0.2) is 46.7 Å². The number of aromatic hydroxyl groups is 1. The average molecular weight is 266 g/mol. The zero-order chi connectivity index (χ0) is 14.6. The molecule has 0 aliphatic rings. The van der Waals surface area contributed by atoms with E-state index in [9.17, 15) is 14.7 Å². The summed E-state index contributed by atoms with van der Waals surface area (Å²) in [6, 6.07) is 5.50. The van der Waals surface area contributed by atoms with Crippen LogP contribution in [0.1, 0.15) is 13.8 Å². The Morgan fingerprint density at radius 2 is 1.74 bits per heavy atom. The van der Waals surface area contributed by atoms with Crippen molar-refractivity contribution in [3.63, 3.8) is 0 Å². The molecular formula is C13H18N2O4. The molecule has 0 aromatic heterocycles. The SMILES string of the molecule is CC(C)N(CC(=O)O)C(=O)N(C)c1ccc(O)cc1. The van der Waals surface area contributed by atoms with Gasteiger partial charge < -0.3 is 15.1 Å². The van der Waals surface area contributed by atoms with Gasteiger partial charge in [-0.1, -0.05) is 0 Å². The molecule has 2 amide bonds. The summed E-state index contributed by atoms with van der Waals surface area (Å²) in [7, 11) is 1.56. The molecule has 0 spiro atoms. The van der Waals surface area contributed by atoms with Gasteiger partial charge in [0.15, 0.2) is 0 Å². The molecule has 6 heteroatoms. The second-order valence-corrected chi connectivity index (χ2v) is 4.47. The number of carboxylic acid groups (broad SMARTS) is 1. The fraction of sp³-hybridized carbons (Fsp3) is 0.385. The van der Waals surface area contributed by atoms with Gasteiger partial charge in [-0.3, -0.25) is 9.69 Å². The van der Waals surface area contributed by atoms with Crippen LogP contribution < -0.4 is 4.90 Å². The molecule has 0 atom stereocenters. The van der Waals surface area contributed by atoms with E-state index in [0.717, 1.165) is 0 Å². The zero-order valence-corrected chi connectivity index (χ0v) is 11.2. The van der Waals surface area contributed by atoms with Gasteiger partial charge in [-0.25, -0.2) is 4.79 Å². The number of nitrogens with zero attached hydrogens (tertiary/aromatic N) is 2. The average Bonchev–Trinajstić information content (AvgIpc) is 2.34. The third-order valence-electron chi connectivity index (χ3n) is 2.70. The lowest BCUT2D eigenvalue weighted by atomic mass is 10.2. The molecule has 1 aromatic rings. The molecule has 1 aromatic carbocycles. The van der Waals surface area contributed by atoms with E-state index in [0.29, 0.717) is 5.69 Å². The van der Waals surface area contributed by atoms with Crippen LogP contribution in [0.15, 0.2) is 24.3 Å². The van der Waals surface area contributed by atoms with E-state index in [4.69, 9.17) is 5.11 Å². The Morgan fingerprint density at radius 3 is 2.16 bits per heavy atom. The fourth-order valence-electron chi connectivity index (χ4n) is 1.60. The molecule has 1 rings (SSSR count). The number of carbonyl (C=O) groups is 2. The number of carboxylic acids is 1. The molecule has 0 radical (unpaired) electrons. The van der Waals surface area contributed by atoms with Gasteiger partial charge in [-0.15, -0.1) is 0 Å². The molecule has 0 saturated carbocycles. The van der Waals surface area contributed by atoms with E-state index in [1.807, 2.05) is 0 Å². The number of hydrogen-bond acceptors (Lipinski definition) is 3. The van der Waals surface area contributed by atoms with Crippen LogP contribution in [0.4, 0.5) is 10.5 Å². The Bertz CT molecular complexity index is 456. The van der Waals surface area contributed by atoms with E-state index in [-0.39, 0.29) is 18.3 Å². The first kappa shape index (κ1) is 14.8. The minimum Gasteiger partial charge on any atom is -0.508 e. The van der Waals surface area contributed by atoms with E-state index < -0.39 is 12.0 Å². The molecule has 0 heterocycles. The lowest BCUT2D eigenvalue weighted by molar-refractivity contribution is -0.137. The van der Waals surface area contributed by atoms with Crippen LogP contribution in [-0.2, 0) is 4.79 Å². The monoisotopic (exact) mass is 266 g/mol. The molecule has 19 heavy (non-hydrogen) atoms. The highest BCUT2D eigenvalue weighted by molar-refractivity contribution is 5.93. The van der Waals surface area contributed by atoms with Crippen molar-refractivity contribution in [3.8, 4) is 5.75 Å². The summed E-state index contributed by atoms with van der Waals surface area (Å²) in [5, 5.41) is 18.0. The quantitative estimate of drug-likeness (QED) is 0.869. The van der Waals surface area contributed by atoms with Gasteiger partial charge in [0, 0.05) is 18.8 Å². The molecule has 104 valence electrons. The number of carbonyl (C=O) groups excluding carboxylic acids is 1. The van der Waals surface area contributed by atoms with Crippen LogP contribution in [0.3, 0.4) is 0 Å². The highest BCUT2D eigenvalue weighted by Gasteiger charge is 2.23. The summed E-state index contributed by atoms with van der Waals surface area (Å²) in [6.45, 7) is 3.16. The van der Waals surface area contributed by atoms with Crippen LogP contribution >= 0.6 is 0 Å². The number of aliphatic carboxylic acids is 1. The van der Waals surface area contributed by atoms with Crippen LogP contribution in [0.5, 0.6) is 5.75 Å². The molecule has 2 N–H and O–H groups in total. The van der Waals surface area contributed by atoms with Gasteiger partial charge in [0.2, 0.25) is 0 Å². The van der Waals surface area contributed by atoms with Crippen molar-refractivity contribution in [1.29, 1.82) is 0 Å². The van der Waals surface area contributed by atoms with E-state index in [1.54, 1.807) is 33.0 Å². The number of phenolic OH excluding ortho intramolecular Hbond substituents is 1. The topological polar surface area (TPSA) is 81.1 Å². The number of benzene rings is 1. The largest absolute Gasteiger partial charge is 0.508 e. The molecule has 0 unspecified atom stereocenters. The maximum Gasteiger partial charge on any atom is 0.324 e. The highest BCUT2D eigenvalue weighted by atomic mass is 16.4. The van der Waals surface area contributed by atoms with Crippen molar-refractivity contribution < 1.29 is 19.8 Å². The Morgan fingerprint density at radius 1 is 1.21 bits per heavy atom. The normalized spacial score (nSPS) is 10.3. The van der Waals surface area contributed by atoms with Crippen LogP contribution in [0.25, 0.3) is 0 Å². The number of amides is 2. The first-order valence-electron chi connectivity index (χ1n) is 5.88. The standard InChI is InChI=1S/C13H18N2O4/c1-9(2)15(8-12(17)18)13(19)14(3)10-4-6-11(16)7-5-10/h4-7,9,16H,8H2,1-3H3,(H,17,18). The highest BCUT2D eigenvalue weighted by Crippen LogP contribution is 2.19. The molecule has 0 bridgehead atoms. The summed E-state index contributed by atoms with van der Waals surface area (Å²) in [5.74, 6) is -0.947. The Labute approximate surface area is 111 Å². The zero-order valence-electron chi connectivity index (χ0n) is 11.2. The van der Waals surface area contributed by atoms with Crippen molar-refractivity contribution >= 4 is 17.7 Å². The first-order valence-corrected chi connectivity index (χ1v) is 5.88. The number of anilines is 1. The predicted octanol–water partition coefficient (Wildman–Crippen LogP) is 1.74. The molecule has 0 aliphatic carbocycles. The molecule has 6 nitrogen and oxygen atoms in total. The maximum absolute atomic E-state index is 12.2.